The lowest BCUT2D eigenvalue weighted by molar-refractivity contribution is -0.129. The first-order valence-electron chi connectivity index (χ1n) is 9.60. The molecule has 1 aromatic heterocycles. The third-order valence-corrected chi connectivity index (χ3v) is 6.93. The fourth-order valence-electron chi connectivity index (χ4n) is 2.70. The molecule has 31 heavy (non-hydrogen) atoms. The second-order valence-electron chi connectivity index (χ2n) is 6.59. The molecule has 2 amide bonds. The number of ether oxygens (including phenoxy) is 1. The Hall–Kier alpha value is -2.54. The Balaban J connectivity index is 2.22. The van der Waals surface area contributed by atoms with Gasteiger partial charge in [0, 0.05) is 19.4 Å². The van der Waals surface area contributed by atoms with Crippen LogP contribution in [-0.2, 0) is 19.6 Å². The van der Waals surface area contributed by atoms with Crippen LogP contribution in [0, 0.1) is 6.92 Å². The predicted octanol–water partition coefficient (Wildman–Crippen LogP) is 2.43. The van der Waals surface area contributed by atoms with Crippen molar-refractivity contribution >= 4 is 38.3 Å². The largest absolute Gasteiger partial charge is 0.495 e. The zero-order valence-corrected chi connectivity index (χ0v) is 19.2. The molecular formula is C19H26N4O6S2. The Morgan fingerprint density at radius 1 is 1.23 bits per heavy atom. The van der Waals surface area contributed by atoms with E-state index >= 15 is 0 Å². The molecule has 0 aliphatic rings. The van der Waals surface area contributed by atoms with Crippen LogP contribution in [0.15, 0.2) is 23.1 Å². The molecule has 0 fully saturated rings. The summed E-state index contributed by atoms with van der Waals surface area (Å²) in [7, 11) is -2.49. The van der Waals surface area contributed by atoms with E-state index in [2.05, 4.69) is 15.0 Å². The number of amides is 2. The summed E-state index contributed by atoms with van der Waals surface area (Å²) in [6, 6.07) is 4.81. The summed E-state index contributed by atoms with van der Waals surface area (Å²) in [5.41, 5.74) is 2.83. The normalized spacial score (nSPS) is 11.2. The standard InChI is InChI=1S/C19H26N4O6S2/c1-4-16(24)22-19-21-12(2)18(30-19)13-8-9-14(29-3)15(11-13)31(27,28)20-10-6-5-7-17(25)23-26/h8-9,11,20,26H,4-7,10H2,1-3H3,(H,23,25)(H,21,22,24). The number of methoxy groups -OCH3 is 1. The van der Waals surface area contributed by atoms with Crippen molar-refractivity contribution in [3.63, 3.8) is 0 Å². The molecule has 0 aliphatic heterocycles. The summed E-state index contributed by atoms with van der Waals surface area (Å²) in [4.78, 5) is 27.7. The van der Waals surface area contributed by atoms with Gasteiger partial charge in [-0.25, -0.2) is 23.6 Å². The summed E-state index contributed by atoms with van der Waals surface area (Å²) in [5.74, 6) is -0.483. The van der Waals surface area contributed by atoms with Crippen molar-refractivity contribution in [2.75, 3.05) is 19.0 Å². The molecule has 2 aromatic rings. The lowest BCUT2D eigenvalue weighted by Crippen LogP contribution is -2.26. The highest BCUT2D eigenvalue weighted by Gasteiger charge is 2.21. The molecule has 10 nitrogen and oxygen atoms in total. The highest BCUT2D eigenvalue weighted by Crippen LogP contribution is 2.36. The SMILES string of the molecule is CCC(=O)Nc1nc(C)c(-c2ccc(OC)c(S(=O)(=O)NCCCCC(=O)NO)c2)s1. The van der Waals surface area contributed by atoms with E-state index in [1.54, 1.807) is 26.0 Å². The molecule has 1 heterocycles. The molecule has 0 saturated carbocycles. The fourth-order valence-corrected chi connectivity index (χ4v) is 4.95. The molecule has 0 bridgehead atoms. The van der Waals surface area contributed by atoms with Gasteiger partial charge in [0.1, 0.15) is 10.6 Å². The maximum atomic E-state index is 12.8. The van der Waals surface area contributed by atoms with E-state index in [0.717, 1.165) is 4.88 Å². The molecule has 2 rings (SSSR count). The molecule has 4 N–H and O–H groups in total. The summed E-state index contributed by atoms with van der Waals surface area (Å²) in [6.45, 7) is 3.65. The Morgan fingerprint density at radius 3 is 2.61 bits per heavy atom. The van der Waals surface area contributed by atoms with Gasteiger partial charge in [-0.2, -0.15) is 0 Å². The van der Waals surface area contributed by atoms with E-state index in [1.165, 1.54) is 30.0 Å². The first-order chi connectivity index (χ1) is 14.7. The van der Waals surface area contributed by atoms with E-state index in [1.807, 2.05) is 0 Å². The van der Waals surface area contributed by atoms with Crippen LogP contribution >= 0.6 is 11.3 Å². The van der Waals surface area contributed by atoms with Gasteiger partial charge >= 0.3 is 0 Å². The Bertz CT molecular complexity index is 1040. The average Bonchev–Trinajstić information content (AvgIpc) is 3.12. The topological polar surface area (TPSA) is 147 Å². The van der Waals surface area contributed by atoms with Crippen LogP contribution in [0.1, 0.15) is 38.3 Å². The van der Waals surface area contributed by atoms with E-state index in [0.29, 0.717) is 35.7 Å². The molecule has 0 spiro atoms. The first kappa shape index (κ1) is 24.7. The van der Waals surface area contributed by atoms with Crippen LogP contribution in [-0.4, -0.2) is 44.1 Å². The number of nitrogens with zero attached hydrogens (tertiary/aromatic N) is 1. The quantitative estimate of drug-likeness (QED) is 0.224. The maximum Gasteiger partial charge on any atom is 0.244 e. The summed E-state index contributed by atoms with van der Waals surface area (Å²) < 4.78 is 33.4. The number of aryl methyl sites for hydroxylation is 1. The van der Waals surface area contributed by atoms with Crippen LogP contribution in [0.5, 0.6) is 5.75 Å². The summed E-state index contributed by atoms with van der Waals surface area (Å²) in [6.07, 6.45) is 1.26. The number of hydroxylamine groups is 1. The molecule has 0 unspecified atom stereocenters. The molecule has 1 aromatic carbocycles. The lowest BCUT2D eigenvalue weighted by Gasteiger charge is -2.12. The number of carbonyl (C=O) groups is 2. The molecule has 0 aliphatic carbocycles. The third kappa shape index (κ3) is 6.72. The monoisotopic (exact) mass is 470 g/mol. The van der Waals surface area contributed by atoms with Crippen molar-refractivity contribution in [1.29, 1.82) is 0 Å². The van der Waals surface area contributed by atoms with Crippen molar-refractivity contribution in [2.45, 2.75) is 44.4 Å². The van der Waals surface area contributed by atoms with Crippen molar-refractivity contribution in [3.05, 3.63) is 23.9 Å². The smallest absolute Gasteiger partial charge is 0.244 e. The number of anilines is 1. The number of sulfonamides is 1. The Labute approximate surface area is 185 Å². The summed E-state index contributed by atoms with van der Waals surface area (Å²) >= 11 is 1.26. The third-order valence-electron chi connectivity index (χ3n) is 4.33. The minimum atomic E-state index is -3.88. The molecule has 12 heteroatoms. The first-order valence-corrected chi connectivity index (χ1v) is 11.9. The number of unbranched alkanes of at least 4 members (excludes halogenated alkanes) is 1. The van der Waals surface area contributed by atoms with Crippen molar-refractivity contribution in [1.82, 2.24) is 15.2 Å². The number of carbonyl (C=O) groups excluding carboxylic acids is 2. The number of benzene rings is 1. The van der Waals surface area contributed by atoms with E-state index in [9.17, 15) is 18.0 Å². The minimum Gasteiger partial charge on any atom is -0.495 e. The van der Waals surface area contributed by atoms with Crippen molar-refractivity contribution in [2.24, 2.45) is 0 Å². The van der Waals surface area contributed by atoms with E-state index < -0.39 is 15.9 Å². The van der Waals surface area contributed by atoms with E-state index in [-0.39, 0.29) is 29.5 Å². The molecule has 170 valence electrons. The fraction of sp³-hybridized carbons (Fsp3) is 0.421. The predicted molar refractivity (Wildman–Crippen MR) is 117 cm³/mol. The number of thiazole rings is 1. The minimum absolute atomic E-state index is 0.0208. The lowest BCUT2D eigenvalue weighted by atomic mass is 10.1. The van der Waals surface area contributed by atoms with Gasteiger partial charge in [-0.1, -0.05) is 18.3 Å². The van der Waals surface area contributed by atoms with Gasteiger partial charge in [0.2, 0.25) is 21.8 Å². The zero-order chi connectivity index (χ0) is 23.0. The van der Waals surface area contributed by atoms with Gasteiger partial charge in [-0.15, -0.1) is 0 Å². The van der Waals surface area contributed by atoms with Crippen molar-refractivity contribution in [3.8, 4) is 16.2 Å². The number of hydrogen-bond acceptors (Lipinski definition) is 8. The van der Waals surface area contributed by atoms with Crippen molar-refractivity contribution < 1.29 is 28.0 Å². The van der Waals surface area contributed by atoms with Gasteiger partial charge in [-0.3, -0.25) is 14.8 Å². The second-order valence-corrected chi connectivity index (χ2v) is 9.33. The van der Waals surface area contributed by atoms with Crippen LogP contribution < -0.4 is 20.3 Å². The van der Waals surface area contributed by atoms with Gasteiger partial charge in [0.15, 0.2) is 5.13 Å². The highest BCUT2D eigenvalue weighted by molar-refractivity contribution is 7.89. The highest BCUT2D eigenvalue weighted by atomic mass is 32.2. The zero-order valence-electron chi connectivity index (χ0n) is 17.5. The van der Waals surface area contributed by atoms with Crippen LogP contribution in [0.25, 0.3) is 10.4 Å². The average molecular weight is 471 g/mol. The Kier molecular flexibility index (Phi) is 8.92. The Morgan fingerprint density at radius 2 is 1.97 bits per heavy atom. The van der Waals surface area contributed by atoms with Crippen LogP contribution in [0.4, 0.5) is 5.13 Å². The number of aromatic nitrogens is 1. The number of hydrogen-bond donors (Lipinski definition) is 4. The van der Waals surface area contributed by atoms with Crippen LogP contribution in [0.2, 0.25) is 0 Å². The van der Waals surface area contributed by atoms with Gasteiger partial charge in [-0.05, 0) is 43.5 Å². The van der Waals surface area contributed by atoms with Crippen LogP contribution in [0.3, 0.4) is 0 Å². The second kappa shape index (κ2) is 11.2. The number of rotatable bonds is 11. The van der Waals surface area contributed by atoms with Gasteiger partial charge in [0.25, 0.3) is 0 Å². The maximum absolute atomic E-state index is 12.8. The van der Waals surface area contributed by atoms with Gasteiger partial charge in [0.05, 0.1) is 17.7 Å². The summed E-state index contributed by atoms with van der Waals surface area (Å²) in [5, 5.41) is 11.6. The molecule has 0 radical (unpaired) electrons. The van der Waals surface area contributed by atoms with E-state index in [4.69, 9.17) is 9.94 Å². The molecular weight excluding hydrogens is 444 g/mol. The molecule has 0 atom stereocenters. The van der Waals surface area contributed by atoms with Gasteiger partial charge < -0.3 is 10.1 Å². The molecule has 0 saturated heterocycles. The number of nitrogens with one attached hydrogen (secondary N) is 3.